The van der Waals surface area contributed by atoms with Crippen LogP contribution in [-0.4, -0.2) is 53.9 Å². The molecule has 1 aliphatic rings. The van der Waals surface area contributed by atoms with E-state index in [2.05, 4.69) is 4.74 Å². The standard InChI is InChI=1S/C13H18N2O4S/c1-5-14-7-8-15(6-2)11(14)9(12(16)18-3)10(20)13(17)19-4/h7-8H,5-6H2,1-4H3. The Labute approximate surface area is 123 Å². The fourth-order valence-corrected chi connectivity index (χ4v) is 2.11. The Bertz CT molecular complexity index is 469. The normalized spacial score (nSPS) is 13.5. The number of ether oxygens (including phenoxy) is 2. The second-order valence-electron chi connectivity index (χ2n) is 3.88. The predicted octanol–water partition coefficient (Wildman–Crippen LogP) is 1.04. The van der Waals surface area contributed by atoms with Crippen molar-refractivity contribution < 1.29 is 19.1 Å². The second kappa shape index (κ2) is 7.04. The number of methoxy groups -OCH3 is 2. The summed E-state index contributed by atoms with van der Waals surface area (Å²) in [7, 11) is 2.47. The van der Waals surface area contributed by atoms with Crippen LogP contribution in [0, 0.1) is 0 Å². The van der Waals surface area contributed by atoms with Crippen molar-refractivity contribution in [3.8, 4) is 0 Å². The Kier molecular flexibility index (Phi) is 5.69. The van der Waals surface area contributed by atoms with Crippen molar-refractivity contribution in [1.82, 2.24) is 9.80 Å². The van der Waals surface area contributed by atoms with Crippen LogP contribution in [0.3, 0.4) is 0 Å². The Morgan fingerprint density at radius 2 is 1.50 bits per heavy atom. The number of hydrogen-bond acceptors (Lipinski definition) is 7. The van der Waals surface area contributed by atoms with Crippen LogP contribution >= 0.6 is 12.2 Å². The Balaban J connectivity index is 3.39. The maximum atomic E-state index is 12.0. The average Bonchev–Trinajstić information content (AvgIpc) is 2.88. The zero-order valence-electron chi connectivity index (χ0n) is 12.0. The van der Waals surface area contributed by atoms with Crippen molar-refractivity contribution in [2.75, 3.05) is 27.3 Å². The fourth-order valence-electron chi connectivity index (χ4n) is 1.85. The lowest BCUT2D eigenvalue weighted by Crippen LogP contribution is -2.32. The predicted molar refractivity (Wildman–Crippen MR) is 77.6 cm³/mol. The highest BCUT2D eigenvalue weighted by Gasteiger charge is 2.32. The van der Waals surface area contributed by atoms with Crippen molar-refractivity contribution in [1.29, 1.82) is 0 Å². The molecule has 7 heteroatoms. The quantitative estimate of drug-likeness (QED) is 0.427. The third-order valence-corrected chi connectivity index (χ3v) is 3.23. The van der Waals surface area contributed by atoms with E-state index in [4.69, 9.17) is 17.0 Å². The molecule has 0 aliphatic carbocycles. The summed E-state index contributed by atoms with van der Waals surface area (Å²) in [5.74, 6) is -0.847. The van der Waals surface area contributed by atoms with Crippen LogP contribution in [0.4, 0.5) is 0 Å². The molecule has 0 saturated carbocycles. The molecule has 1 rings (SSSR count). The summed E-state index contributed by atoms with van der Waals surface area (Å²) < 4.78 is 9.36. The summed E-state index contributed by atoms with van der Waals surface area (Å²) in [6.45, 7) is 5.12. The van der Waals surface area contributed by atoms with Gasteiger partial charge in [-0.2, -0.15) is 0 Å². The number of carbonyl (C=O) groups is 2. The van der Waals surface area contributed by atoms with Crippen LogP contribution in [0.15, 0.2) is 23.8 Å². The zero-order valence-corrected chi connectivity index (χ0v) is 12.8. The number of carbonyl (C=O) groups excluding carboxylic acids is 2. The lowest BCUT2D eigenvalue weighted by atomic mass is 10.1. The van der Waals surface area contributed by atoms with E-state index in [9.17, 15) is 9.59 Å². The maximum absolute atomic E-state index is 12.0. The number of hydrogen-bond donors (Lipinski definition) is 0. The third-order valence-electron chi connectivity index (χ3n) is 2.86. The number of thiocarbonyl (C=S) groups is 1. The minimum Gasteiger partial charge on any atom is -0.465 e. The SMILES string of the molecule is CCN1C=CN(CC)C1=C(C(=O)OC)C(=S)C(=O)OC. The Morgan fingerprint density at radius 1 is 1.05 bits per heavy atom. The fraction of sp³-hybridized carbons (Fsp3) is 0.462. The minimum absolute atomic E-state index is 0.0445. The topological polar surface area (TPSA) is 59.1 Å². The highest BCUT2D eigenvalue weighted by molar-refractivity contribution is 7.82. The molecule has 0 aromatic carbocycles. The largest absolute Gasteiger partial charge is 0.465 e. The average molecular weight is 298 g/mol. The molecule has 0 unspecified atom stereocenters. The molecule has 20 heavy (non-hydrogen) atoms. The number of esters is 2. The van der Waals surface area contributed by atoms with Crippen molar-refractivity contribution in [2.24, 2.45) is 0 Å². The van der Waals surface area contributed by atoms with Gasteiger partial charge in [-0.15, -0.1) is 0 Å². The van der Waals surface area contributed by atoms with E-state index in [1.54, 1.807) is 0 Å². The van der Waals surface area contributed by atoms with Gasteiger partial charge in [0.15, 0.2) is 0 Å². The molecule has 0 amide bonds. The van der Waals surface area contributed by atoms with Crippen LogP contribution < -0.4 is 0 Å². The Morgan fingerprint density at radius 3 is 1.85 bits per heavy atom. The van der Waals surface area contributed by atoms with E-state index in [1.165, 1.54) is 14.2 Å². The van der Waals surface area contributed by atoms with Crippen LogP contribution in [-0.2, 0) is 19.1 Å². The van der Waals surface area contributed by atoms with Gasteiger partial charge in [0.1, 0.15) is 16.3 Å². The first-order valence-corrected chi connectivity index (χ1v) is 6.59. The molecule has 0 bridgehead atoms. The molecule has 0 N–H and O–H groups in total. The Hall–Kier alpha value is -1.89. The summed E-state index contributed by atoms with van der Waals surface area (Å²) in [5, 5.41) is 0. The van der Waals surface area contributed by atoms with Crippen LogP contribution in [0.2, 0.25) is 0 Å². The molecule has 1 aliphatic heterocycles. The van der Waals surface area contributed by atoms with Gasteiger partial charge in [0, 0.05) is 25.5 Å². The molecule has 110 valence electrons. The number of nitrogens with zero attached hydrogens (tertiary/aromatic N) is 2. The smallest absolute Gasteiger partial charge is 0.349 e. The van der Waals surface area contributed by atoms with Crippen molar-refractivity contribution >= 4 is 29.0 Å². The summed E-state index contributed by atoms with van der Waals surface area (Å²) >= 11 is 5.06. The van der Waals surface area contributed by atoms with Gasteiger partial charge in [-0.3, -0.25) is 0 Å². The van der Waals surface area contributed by atoms with Crippen LogP contribution in [0.1, 0.15) is 13.8 Å². The first-order chi connectivity index (χ1) is 9.51. The molecule has 6 nitrogen and oxygen atoms in total. The molecule has 0 atom stereocenters. The first-order valence-electron chi connectivity index (χ1n) is 6.18. The van der Waals surface area contributed by atoms with Gasteiger partial charge in [0.25, 0.3) is 0 Å². The molecule has 0 spiro atoms. The monoisotopic (exact) mass is 298 g/mol. The highest BCUT2D eigenvalue weighted by Crippen LogP contribution is 2.24. The van der Waals surface area contributed by atoms with Gasteiger partial charge < -0.3 is 19.3 Å². The summed E-state index contributed by atoms with van der Waals surface area (Å²) in [6.07, 6.45) is 3.64. The van der Waals surface area contributed by atoms with E-state index in [0.717, 1.165) is 0 Å². The highest BCUT2D eigenvalue weighted by atomic mass is 32.1. The van der Waals surface area contributed by atoms with E-state index in [1.807, 2.05) is 36.0 Å². The molecule has 0 fully saturated rings. The maximum Gasteiger partial charge on any atom is 0.349 e. The van der Waals surface area contributed by atoms with E-state index in [-0.39, 0.29) is 10.4 Å². The lowest BCUT2D eigenvalue weighted by molar-refractivity contribution is -0.137. The zero-order chi connectivity index (χ0) is 15.3. The minimum atomic E-state index is -0.730. The summed E-state index contributed by atoms with van der Waals surface area (Å²) in [5.41, 5.74) is 0.0445. The summed E-state index contributed by atoms with van der Waals surface area (Å²) in [4.78, 5) is 27.1. The van der Waals surface area contributed by atoms with Gasteiger partial charge in [-0.05, 0) is 13.8 Å². The van der Waals surface area contributed by atoms with Crippen molar-refractivity contribution in [3.63, 3.8) is 0 Å². The molecule has 1 heterocycles. The summed E-state index contributed by atoms with van der Waals surface area (Å²) in [6, 6.07) is 0. The molecule has 0 radical (unpaired) electrons. The van der Waals surface area contributed by atoms with Crippen molar-refractivity contribution in [2.45, 2.75) is 13.8 Å². The van der Waals surface area contributed by atoms with Crippen LogP contribution in [0.5, 0.6) is 0 Å². The van der Waals surface area contributed by atoms with Gasteiger partial charge in [-0.25, -0.2) is 9.59 Å². The van der Waals surface area contributed by atoms with Gasteiger partial charge in [0.05, 0.1) is 14.2 Å². The van der Waals surface area contributed by atoms with E-state index < -0.39 is 11.9 Å². The molecular weight excluding hydrogens is 280 g/mol. The van der Waals surface area contributed by atoms with E-state index in [0.29, 0.717) is 18.9 Å². The second-order valence-corrected chi connectivity index (χ2v) is 4.29. The molecule has 0 aromatic rings. The molecule has 0 saturated heterocycles. The van der Waals surface area contributed by atoms with Crippen molar-refractivity contribution in [3.05, 3.63) is 23.8 Å². The van der Waals surface area contributed by atoms with Gasteiger partial charge in [0.2, 0.25) is 0 Å². The first kappa shape index (κ1) is 16.2. The molecule has 0 aromatic heterocycles. The van der Waals surface area contributed by atoms with Gasteiger partial charge in [-0.1, -0.05) is 12.2 Å². The van der Waals surface area contributed by atoms with Crippen LogP contribution in [0.25, 0.3) is 0 Å². The van der Waals surface area contributed by atoms with Gasteiger partial charge >= 0.3 is 11.9 Å². The number of rotatable bonds is 5. The molecular formula is C13H18N2O4S. The lowest BCUT2D eigenvalue weighted by Gasteiger charge is -2.25. The van der Waals surface area contributed by atoms with E-state index >= 15 is 0 Å². The third kappa shape index (κ3) is 2.98.